The Morgan fingerprint density at radius 1 is 1.38 bits per heavy atom. The molecule has 0 radical (unpaired) electrons. The fourth-order valence-electron chi connectivity index (χ4n) is 3.73. The molecule has 1 aliphatic heterocycles. The monoisotopic (exact) mass is 400 g/mol. The molecule has 1 amide bonds. The molecule has 1 aromatic heterocycles. The molecule has 2 atom stereocenters. The summed E-state index contributed by atoms with van der Waals surface area (Å²) in [7, 11) is 0. The summed E-state index contributed by atoms with van der Waals surface area (Å²) in [5, 5.41) is 4.92. The molecule has 0 saturated carbocycles. The molecule has 1 saturated heterocycles. The summed E-state index contributed by atoms with van der Waals surface area (Å²) < 4.78 is 27.1. The first-order valence-electron chi connectivity index (χ1n) is 9.89. The molecule has 0 bridgehead atoms. The van der Waals surface area contributed by atoms with Gasteiger partial charge in [0.2, 0.25) is 5.91 Å². The molecule has 1 fully saturated rings. The Kier molecular flexibility index (Phi) is 5.92. The number of benzene rings is 1. The van der Waals surface area contributed by atoms with Gasteiger partial charge < -0.3 is 25.1 Å². The Morgan fingerprint density at radius 3 is 2.93 bits per heavy atom. The minimum absolute atomic E-state index is 0.0984. The van der Waals surface area contributed by atoms with E-state index in [0.717, 1.165) is 36.0 Å². The van der Waals surface area contributed by atoms with Gasteiger partial charge in [0, 0.05) is 13.0 Å². The maximum Gasteiger partial charge on any atom is 0.231 e. The number of aromatic nitrogens is 2. The molecule has 7 nitrogen and oxygen atoms in total. The summed E-state index contributed by atoms with van der Waals surface area (Å²) >= 11 is 0. The lowest BCUT2D eigenvalue weighted by Crippen LogP contribution is -2.38. The van der Waals surface area contributed by atoms with E-state index in [4.69, 9.17) is 20.2 Å². The first kappa shape index (κ1) is 19.6. The van der Waals surface area contributed by atoms with Gasteiger partial charge in [-0.3, -0.25) is 4.79 Å². The van der Waals surface area contributed by atoms with Crippen LogP contribution in [0.5, 0.6) is 5.75 Å². The van der Waals surface area contributed by atoms with Crippen LogP contribution in [0.3, 0.4) is 0 Å². The van der Waals surface area contributed by atoms with E-state index >= 15 is 0 Å². The van der Waals surface area contributed by atoms with Crippen molar-refractivity contribution >= 4 is 18.1 Å². The molecule has 0 spiro atoms. The van der Waals surface area contributed by atoms with Crippen molar-refractivity contribution < 1.29 is 18.7 Å². The lowest BCUT2D eigenvalue weighted by Gasteiger charge is -2.18. The number of amides is 1. The zero-order valence-corrected chi connectivity index (χ0v) is 16.1. The van der Waals surface area contributed by atoms with Crippen LogP contribution < -0.4 is 26.5 Å². The van der Waals surface area contributed by atoms with Gasteiger partial charge in [-0.1, -0.05) is 6.08 Å². The fraction of sp³-hybridized carbons (Fsp3) is 0.429. The van der Waals surface area contributed by atoms with Gasteiger partial charge in [-0.05, 0) is 43.2 Å². The molecule has 2 aromatic rings. The first-order chi connectivity index (χ1) is 14.1. The second kappa shape index (κ2) is 8.75. The van der Waals surface area contributed by atoms with Crippen molar-refractivity contribution in [2.45, 2.75) is 44.6 Å². The first-order valence-corrected chi connectivity index (χ1v) is 9.89. The average Bonchev–Trinajstić information content (AvgIpc) is 3.32. The summed E-state index contributed by atoms with van der Waals surface area (Å²) in [5.74, 6) is 0.763. The summed E-state index contributed by atoms with van der Waals surface area (Å²) in [6.07, 6.45) is 6.83. The zero-order chi connectivity index (χ0) is 20.2. The quantitative estimate of drug-likeness (QED) is 0.660. The number of rotatable bonds is 8. The molecule has 1 unspecified atom stereocenters. The number of nitrogens with two attached hydrogens (primary N) is 1. The smallest absolute Gasteiger partial charge is 0.231 e. The summed E-state index contributed by atoms with van der Waals surface area (Å²) in [6.45, 7) is 2.02. The van der Waals surface area contributed by atoms with Crippen LogP contribution in [0.2, 0.25) is 0 Å². The van der Waals surface area contributed by atoms with Crippen LogP contribution in [0.25, 0.3) is 12.2 Å². The number of hydrogen-bond donors (Lipinski definition) is 2. The van der Waals surface area contributed by atoms with Gasteiger partial charge in [-0.15, -0.1) is 0 Å². The minimum atomic E-state index is -0.405. The van der Waals surface area contributed by atoms with Gasteiger partial charge in [0.15, 0.2) is 0 Å². The highest BCUT2D eigenvalue weighted by molar-refractivity contribution is 5.75. The number of primary amides is 1. The van der Waals surface area contributed by atoms with E-state index in [1.807, 2.05) is 6.08 Å². The van der Waals surface area contributed by atoms with E-state index in [0.29, 0.717) is 25.3 Å². The highest BCUT2D eigenvalue weighted by atomic mass is 19.1. The Bertz CT molecular complexity index is 981. The number of nitrogens with one attached hydrogen (secondary N) is 1. The van der Waals surface area contributed by atoms with Crippen LogP contribution in [0.4, 0.5) is 4.39 Å². The van der Waals surface area contributed by atoms with E-state index < -0.39 is 5.91 Å². The molecule has 154 valence electrons. The molecular formula is C21H25FN4O3. The Morgan fingerprint density at radius 2 is 2.21 bits per heavy atom. The second-order valence-corrected chi connectivity index (χ2v) is 7.33. The number of carbonyl (C=O) groups excluding carboxylic acids is 1. The van der Waals surface area contributed by atoms with Gasteiger partial charge in [0.05, 0.1) is 36.4 Å². The van der Waals surface area contributed by atoms with Gasteiger partial charge >= 0.3 is 0 Å². The van der Waals surface area contributed by atoms with Crippen LogP contribution >= 0.6 is 0 Å². The van der Waals surface area contributed by atoms with Crippen LogP contribution in [0.15, 0.2) is 24.3 Å². The highest BCUT2D eigenvalue weighted by Gasteiger charge is 2.21. The SMILES string of the molecule is NC(=O)CNCc1nc2c(n1C[C@H]1CCCO1)=CC(Oc1ccc(F)cc1)CC=2. The van der Waals surface area contributed by atoms with Crippen molar-refractivity contribution in [2.75, 3.05) is 13.2 Å². The molecule has 1 aromatic carbocycles. The molecule has 3 N–H and O–H groups in total. The maximum atomic E-state index is 13.1. The maximum absolute atomic E-state index is 13.1. The number of imidazole rings is 1. The van der Waals surface area contributed by atoms with Gasteiger partial charge in [0.1, 0.15) is 23.5 Å². The van der Waals surface area contributed by atoms with E-state index in [9.17, 15) is 9.18 Å². The predicted molar refractivity (Wildman–Crippen MR) is 106 cm³/mol. The number of halogens is 1. The van der Waals surface area contributed by atoms with Crippen molar-refractivity contribution in [1.29, 1.82) is 0 Å². The number of fused-ring (bicyclic) bond motifs is 1. The van der Waals surface area contributed by atoms with Crippen molar-refractivity contribution in [1.82, 2.24) is 14.9 Å². The van der Waals surface area contributed by atoms with Gasteiger partial charge in [-0.25, -0.2) is 9.37 Å². The highest BCUT2D eigenvalue weighted by Crippen LogP contribution is 2.17. The van der Waals surface area contributed by atoms with Crippen LogP contribution in [-0.2, 0) is 22.6 Å². The third kappa shape index (κ3) is 4.83. The lowest BCUT2D eigenvalue weighted by atomic mass is 10.1. The van der Waals surface area contributed by atoms with Crippen molar-refractivity contribution in [3.63, 3.8) is 0 Å². The Balaban J connectivity index is 1.59. The topological polar surface area (TPSA) is 91.4 Å². The van der Waals surface area contributed by atoms with Gasteiger partial charge in [-0.2, -0.15) is 0 Å². The van der Waals surface area contributed by atoms with E-state index in [2.05, 4.69) is 16.0 Å². The fourth-order valence-corrected chi connectivity index (χ4v) is 3.73. The van der Waals surface area contributed by atoms with Crippen molar-refractivity contribution in [3.05, 3.63) is 46.6 Å². The van der Waals surface area contributed by atoms with E-state index in [1.54, 1.807) is 12.1 Å². The van der Waals surface area contributed by atoms with Crippen LogP contribution in [0, 0.1) is 5.82 Å². The second-order valence-electron chi connectivity index (χ2n) is 7.33. The summed E-state index contributed by atoms with van der Waals surface area (Å²) in [4.78, 5) is 15.8. The Labute approximate surface area is 168 Å². The number of hydrogen-bond acceptors (Lipinski definition) is 5. The Hall–Kier alpha value is -2.71. The standard InChI is InChI=1S/C21H25FN4O3/c22-14-3-5-15(6-4-14)29-16-7-8-18-19(10-16)26(13-17-2-1-9-28-17)21(25-18)12-24-11-20(23)27/h3-6,8,10,16-17,24H,1-2,7,9,11-13H2,(H2,23,27)/t16?,17-/m1/s1. The largest absolute Gasteiger partial charge is 0.486 e. The molecule has 4 rings (SSSR count). The average molecular weight is 400 g/mol. The molecule has 2 heterocycles. The number of carbonyl (C=O) groups is 1. The lowest BCUT2D eigenvalue weighted by molar-refractivity contribution is -0.117. The van der Waals surface area contributed by atoms with Crippen molar-refractivity contribution in [3.8, 4) is 5.75 Å². The summed E-state index contributed by atoms with van der Waals surface area (Å²) in [5.41, 5.74) is 5.22. The number of nitrogens with zero attached hydrogens (tertiary/aromatic N) is 2. The molecule has 2 aliphatic rings. The van der Waals surface area contributed by atoms with Crippen molar-refractivity contribution in [2.24, 2.45) is 5.73 Å². The van der Waals surface area contributed by atoms with E-state index in [1.165, 1.54) is 12.1 Å². The molecule has 8 heteroatoms. The third-order valence-corrected chi connectivity index (χ3v) is 5.10. The van der Waals surface area contributed by atoms with E-state index in [-0.39, 0.29) is 24.6 Å². The normalized spacial score (nSPS) is 20.6. The molecular weight excluding hydrogens is 375 g/mol. The minimum Gasteiger partial charge on any atom is -0.486 e. The number of ether oxygens (including phenoxy) is 2. The molecule has 29 heavy (non-hydrogen) atoms. The molecule has 1 aliphatic carbocycles. The zero-order valence-electron chi connectivity index (χ0n) is 16.1. The van der Waals surface area contributed by atoms with Crippen LogP contribution in [-0.4, -0.2) is 40.8 Å². The van der Waals surface area contributed by atoms with Crippen LogP contribution in [0.1, 0.15) is 25.1 Å². The summed E-state index contributed by atoms with van der Waals surface area (Å²) in [6, 6.07) is 6.03. The predicted octanol–water partition coefficient (Wildman–Crippen LogP) is 0.188. The van der Waals surface area contributed by atoms with Gasteiger partial charge in [0.25, 0.3) is 0 Å². The third-order valence-electron chi connectivity index (χ3n) is 5.10.